The number of benzene rings is 1. The Morgan fingerprint density at radius 1 is 1.15 bits per heavy atom. The van der Waals surface area contributed by atoms with Crippen LogP contribution in [0.2, 0.25) is 5.02 Å². The number of aldehydes is 1. The van der Waals surface area contributed by atoms with Crippen molar-refractivity contribution in [2.24, 2.45) is 0 Å². The van der Waals surface area contributed by atoms with Crippen LogP contribution in [0.15, 0.2) is 30.6 Å². The first kappa shape index (κ1) is 18.0. The molecule has 0 spiro atoms. The number of carbonyl (C=O) groups excluding carboxylic acids is 1. The maximum atomic E-state index is 13.0. The highest BCUT2D eigenvalue weighted by Gasteiger charge is 2.35. The monoisotopic (exact) mass is 382 g/mol. The molecule has 2 aromatic heterocycles. The summed E-state index contributed by atoms with van der Waals surface area (Å²) in [4.78, 5) is 25.6. The topological polar surface area (TPSA) is 77.9 Å². The number of carbonyl (C=O) groups is 1. The average Bonchev–Trinajstić information content (AvgIpc) is 2.60. The number of hydrogen-bond acceptors (Lipinski definition) is 6. The van der Waals surface area contributed by atoms with Crippen LogP contribution in [0.5, 0.6) is 11.8 Å². The molecule has 3 rings (SSSR count). The Kier molecular flexibility index (Phi) is 4.99. The molecule has 0 saturated heterocycles. The predicted molar refractivity (Wildman–Crippen MR) is 86.0 cm³/mol. The second-order valence-electron chi connectivity index (χ2n) is 5.13. The van der Waals surface area contributed by atoms with Gasteiger partial charge in [0.05, 0.1) is 34.0 Å². The van der Waals surface area contributed by atoms with E-state index in [-0.39, 0.29) is 41.2 Å². The van der Waals surface area contributed by atoms with E-state index in [4.69, 9.17) is 16.3 Å². The molecule has 26 heavy (non-hydrogen) atoms. The number of rotatable bonds is 5. The van der Waals surface area contributed by atoms with Gasteiger partial charge in [-0.15, -0.1) is 0 Å². The number of alkyl halides is 3. The fraction of sp³-hybridized carbons (Fsp3) is 0.188. The Labute approximate surface area is 150 Å². The summed E-state index contributed by atoms with van der Waals surface area (Å²) in [6.07, 6.45) is -1.45. The SMILES string of the molecule is O=CCCc1nc(C(F)(F)F)nc2cccc(Oc3ncc(Cl)cn3)c12. The molecule has 0 aliphatic heterocycles. The maximum Gasteiger partial charge on any atom is 0.451 e. The van der Waals surface area contributed by atoms with Crippen LogP contribution in [0.3, 0.4) is 0 Å². The van der Waals surface area contributed by atoms with E-state index < -0.39 is 12.0 Å². The first-order valence-corrected chi connectivity index (χ1v) is 7.72. The number of fused-ring (bicyclic) bond motifs is 1. The minimum atomic E-state index is -4.71. The van der Waals surface area contributed by atoms with Gasteiger partial charge >= 0.3 is 12.2 Å². The van der Waals surface area contributed by atoms with Crippen molar-refractivity contribution in [1.29, 1.82) is 0 Å². The zero-order chi connectivity index (χ0) is 18.7. The van der Waals surface area contributed by atoms with Gasteiger partial charge < -0.3 is 9.53 Å². The summed E-state index contributed by atoms with van der Waals surface area (Å²) in [5, 5.41) is 0.570. The van der Waals surface area contributed by atoms with E-state index in [2.05, 4.69) is 19.9 Å². The minimum absolute atomic E-state index is 0.00739. The van der Waals surface area contributed by atoms with Gasteiger partial charge in [0, 0.05) is 6.42 Å². The first-order valence-electron chi connectivity index (χ1n) is 7.34. The van der Waals surface area contributed by atoms with Crippen LogP contribution in [0.1, 0.15) is 17.9 Å². The molecule has 0 atom stereocenters. The van der Waals surface area contributed by atoms with Crippen LogP contribution < -0.4 is 4.74 Å². The van der Waals surface area contributed by atoms with Gasteiger partial charge in [-0.1, -0.05) is 17.7 Å². The summed E-state index contributed by atoms with van der Waals surface area (Å²) >= 11 is 5.71. The molecule has 134 valence electrons. The van der Waals surface area contributed by atoms with E-state index in [1.165, 1.54) is 30.6 Å². The zero-order valence-electron chi connectivity index (χ0n) is 13.0. The maximum absolute atomic E-state index is 13.0. The van der Waals surface area contributed by atoms with E-state index in [1.807, 2.05) is 0 Å². The number of ether oxygens (including phenoxy) is 1. The van der Waals surface area contributed by atoms with Gasteiger partial charge in [-0.05, 0) is 18.6 Å². The highest BCUT2D eigenvalue weighted by molar-refractivity contribution is 6.30. The Balaban J connectivity index is 2.14. The van der Waals surface area contributed by atoms with Crippen molar-refractivity contribution in [1.82, 2.24) is 19.9 Å². The Morgan fingerprint density at radius 3 is 2.54 bits per heavy atom. The van der Waals surface area contributed by atoms with E-state index in [1.54, 1.807) is 0 Å². The van der Waals surface area contributed by atoms with Gasteiger partial charge in [-0.25, -0.2) is 19.9 Å². The number of halogens is 4. The molecule has 1 aromatic carbocycles. The molecular weight excluding hydrogens is 373 g/mol. The third-order valence-electron chi connectivity index (χ3n) is 3.31. The fourth-order valence-electron chi connectivity index (χ4n) is 2.27. The smallest absolute Gasteiger partial charge is 0.424 e. The van der Waals surface area contributed by atoms with Crippen molar-refractivity contribution in [3.8, 4) is 11.8 Å². The summed E-state index contributed by atoms with van der Waals surface area (Å²) in [6.45, 7) is 0. The van der Waals surface area contributed by atoms with E-state index in [0.717, 1.165) is 0 Å². The van der Waals surface area contributed by atoms with Gasteiger partial charge in [0.2, 0.25) is 5.82 Å². The van der Waals surface area contributed by atoms with Gasteiger partial charge in [-0.3, -0.25) is 0 Å². The summed E-state index contributed by atoms with van der Waals surface area (Å²) in [7, 11) is 0. The van der Waals surface area contributed by atoms with Crippen molar-refractivity contribution < 1.29 is 22.7 Å². The summed E-state index contributed by atoms with van der Waals surface area (Å²) in [5.74, 6) is -1.09. The zero-order valence-corrected chi connectivity index (χ0v) is 13.8. The molecule has 0 unspecified atom stereocenters. The lowest BCUT2D eigenvalue weighted by atomic mass is 10.1. The largest absolute Gasteiger partial charge is 0.451 e. The van der Waals surface area contributed by atoms with Crippen LogP contribution in [0, 0.1) is 0 Å². The fourth-order valence-corrected chi connectivity index (χ4v) is 2.36. The summed E-state index contributed by atoms with van der Waals surface area (Å²) < 4.78 is 44.7. The first-order chi connectivity index (χ1) is 12.4. The highest BCUT2D eigenvalue weighted by atomic mass is 35.5. The van der Waals surface area contributed by atoms with Gasteiger partial charge in [-0.2, -0.15) is 13.2 Å². The molecule has 0 saturated carbocycles. The third kappa shape index (κ3) is 3.88. The van der Waals surface area contributed by atoms with Crippen molar-refractivity contribution in [3.05, 3.63) is 47.1 Å². The quantitative estimate of drug-likeness (QED) is 0.620. The second kappa shape index (κ2) is 7.20. The lowest BCUT2D eigenvalue weighted by Crippen LogP contribution is -2.13. The van der Waals surface area contributed by atoms with Crippen LogP contribution in [0.25, 0.3) is 10.9 Å². The van der Waals surface area contributed by atoms with Crippen molar-refractivity contribution >= 4 is 28.8 Å². The molecule has 6 nitrogen and oxygen atoms in total. The van der Waals surface area contributed by atoms with Crippen molar-refractivity contribution in [2.45, 2.75) is 19.0 Å². The number of aryl methyl sites for hydroxylation is 1. The average molecular weight is 383 g/mol. The number of aromatic nitrogens is 4. The Morgan fingerprint density at radius 2 is 1.88 bits per heavy atom. The van der Waals surface area contributed by atoms with Crippen LogP contribution in [-0.4, -0.2) is 26.2 Å². The van der Waals surface area contributed by atoms with Crippen LogP contribution in [-0.2, 0) is 17.4 Å². The minimum Gasteiger partial charge on any atom is -0.424 e. The van der Waals surface area contributed by atoms with Gasteiger partial charge in [0.15, 0.2) is 0 Å². The molecule has 0 amide bonds. The summed E-state index contributed by atoms with van der Waals surface area (Å²) in [5.41, 5.74) is 0.0960. The molecule has 0 radical (unpaired) electrons. The van der Waals surface area contributed by atoms with Gasteiger partial charge in [0.25, 0.3) is 0 Å². The molecule has 10 heteroatoms. The Bertz CT molecular complexity index is 949. The van der Waals surface area contributed by atoms with Crippen molar-refractivity contribution in [2.75, 3.05) is 0 Å². The molecule has 3 aromatic rings. The third-order valence-corrected chi connectivity index (χ3v) is 3.51. The summed E-state index contributed by atoms with van der Waals surface area (Å²) in [6, 6.07) is 4.39. The molecular formula is C16H10ClF3N4O2. The van der Waals surface area contributed by atoms with E-state index >= 15 is 0 Å². The number of nitrogens with zero attached hydrogens (tertiary/aromatic N) is 4. The normalized spacial score (nSPS) is 11.5. The molecule has 2 heterocycles. The predicted octanol–water partition coefficient (Wildman–Crippen LogP) is 4.02. The molecule has 0 N–H and O–H groups in total. The van der Waals surface area contributed by atoms with Crippen molar-refractivity contribution in [3.63, 3.8) is 0 Å². The Hall–Kier alpha value is -2.81. The second-order valence-corrected chi connectivity index (χ2v) is 5.57. The van der Waals surface area contributed by atoms with E-state index in [9.17, 15) is 18.0 Å². The molecule has 0 fully saturated rings. The van der Waals surface area contributed by atoms with E-state index in [0.29, 0.717) is 11.3 Å². The van der Waals surface area contributed by atoms with Gasteiger partial charge in [0.1, 0.15) is 12.0 Å². The lowest BCUT2D eigenvalue weighted by Gasteiger charge is -2.13. The molecule has 0 bridgehead atoms. The lowest BCUT2D eigenvalue weighted by molar-refractivity contribution is -0.144. The highest BCUT2D eigenvalue weighted by Crippen LogP contribution is 2.34. The molecule has 0 aliphatic rings. The van der Waals surface area contributed by atoms with Crippen LogP contribution in [0.4, 0.5) is 13.2 Å². The number of hydrogen-bond donors (Lipinski definition) is 0. The molecule has 0 aliphatic carbocycles. The standard InChI is InChI=1S/C16H10ClF3N4O2/c17-9-7-21-15(22-8-9)26-12-5-1-3-10-13(12)11(4-2-6-25)24-14(23-10)16(18,19)20/h1,3,5-8H,2,4H2. The van der Waals surface area contributed by atoms with Crippen LogP contribution >= 0.6 is 11.6 Å².